The molecule has 0 unspecified atom stereocenters. The predicted molar refractivity (Wildman–Crippen MR) is 79.3 cm³/mol. The van der Waals surface area contributed by atoms with Crippen LogP contribution in [0.2, 0.25) is 0 Å². The fourth-order valence-corrected chi connectivity index (χ4v) is 1.73. The van der Waals surface area contributed by atoms with E-state index in [0.29, 0.717) is 5.75 Å². The monoisotopic (exact) mass is 308 g/mol. The number of benzene rings is 1. The Bertz CT molecular complexity index is 557. The molecule has 0 saturated heterocycles. The maximum Gasteiger partial charge on any atom is 0.344 e. The quantitative estimate of drug-likeness (QED) is 0.770. The van der Waals surface area contributed by atoms with E-state index in [0.717, 1.165) is 5.56 Å². The maximum absolute atomic E-state index is 11.7. The lowest BCUT2D eigenvalue weighted by atomic mass is 10.0. The third-order valence-corrected chi connectivity index (χ3v) is 2.81. The van der Waals surface area contributed by atoms with E-state index in [1.165, 1.54) is 6.92 Å². The molecular formula is C15H20N2O5. The van der Waals surface area contributed by atoms with E-state index in [-0.39, 0.29) is 12.5 Å². The van der Waals surface area contributed by atoms with Crippen molar-refractivity contribution in [2.45, 2.75) is 32.8 Å². The second-order valence-electron chi connectivity index (χ2n) is 4.97. The Balaban J connectivity index is 2.53. The number of esters is 1. The molecule has 7 nitrogen and oxygen atoms in total. The van der Waals surface area contributed by atoms with Crippen molar-refractivity contribution in [3.63, 3.8) is 0 Å². The van der Waals surface area contributed by atoms with Crippen molar-refractivity contribution < 1.29 is 23.9 Å². The van der Waals surface area contributed by atoms with Crippen molar-refractivity contribution in [1.82, 2.24) is 5.32 Å². The van der Waals surface area contributed by atoms with Crippen LogP contribution in [0, 0.1) is 0 Å². The number of rotatable bonds is 6. The highest BCUT2D eigenvalue weighted by molar-refractivity contribution is 5.96. The molecule has 1 rings (SSSR count). The number of imide groups is 1. The van der Waals surface area contributed by atoms with Crippen LogP contribution in [0.4, 0.5) is 4.79 Å². The molecule has 0 radical (unpaired) electrons. The third-order valence-electron chi connectivity index (χ3n) is 2.81. The number of urea groups is 1. The first kappa shape index (κ1) is 17.5. The molecule has 0 heterocycles. The molecule has 120 valence electrons. The fraction of sp³-hybridized carbons (Fsp3) is 0.400. The molecule has 0 bridgehead atoms. The van der Waals surface area contributed by atoms with Crippen LogP contribution in [-0.2, 0) is 14.3 Å². The van der Waals surface area contributed by atoms with Gasteiger partial charge in [0.05, 0.1) is 0 Å². The Morgan fingerprint density at radius 3 is 2.41 bits per heavy atom. The Morgan fingerprint density at radius 2 is 1.82 bits per heavy atom. The van der Waals surface area contributed by atoms with Crippen molar-refractivity contribution in [3.8, 4) is 5.75 Å². The van der Waals surface area contributed by atoms with Gasteiger partial charge in [-0.2, -0.15) is 0 Å². The zero-order valence-corrected chi connectivity index (χ0v) is 12.8. The molecule has 0 aliphatic carbocycles. The van der Waals surface area contributed by atoms with Gasteiger partial charge in [0.15, 0.2) is 12.7 Å². The summed E-state index contributed by atoms with van der Waals surface area (Å²) in [5.41, 5.74) is 5.77. The molecule has 3 N–H and O–H groups in total. The molecule has 0 fully saturated rings. The summed E-state index contributed by atoms with van der Waals surface area (Å²) in [6.45, 7) is 5.02. The van der Waals surface area contributed by atoms with Gasteiger partial charge < -0.3 is 15.2 Å². The lowest BCUT2D eigenvalue weighted by molar-refractivity contribution is -0.156. The smallest absolute Gasteiger partial charge is 0.344 e. The summed E-state index contributed by atoms with van der Waals surface area (Å²) in [7, 11) is 0. The van der Waals surface area contributed by atoms with Gasteiger partial charge in [0.1, 0.15) is 5.75 Å². The second kappa shape index (κ2) is 8.02. The van der Waals surface area contributed by atoms with E-state index in [2.05, 4.69) is 0 Å². The lowest BCUT2D eigenvalue weighted by Crippen LogP contribution is -2.42. The number of hydrogen-bond donors (Lipinski definition) is 2. The number of para-hydroxylation sites is 1. The van der Waals surface area contributed by atoms with Gasteiger partial charge in [-0.1, -0.05) is 32.0 Å². The number of amides is 3. The standard InChI is InChI=1S/C15H20N2O5/c1-9(2)11-6-4-5-7-12(11)21-8-13(18)22-10(3)14(19)17-15(16)20/h4-7,9-10H,8H2,1-3H3,(H3,16,17,19,20)/t10-/m1/s1. The number of carbonyl (C=O) groups excluding carboxylic acids is 3. The van der Waals surface area contributed by atoms with Crippen LogP contribution in [0.3, 0.4) is 0 Å². The number of nitrogens with one attached hydrogen (secondary N) is 1. The van der Waals surface area contributed by atoms with Crippen LogP contribution >= 0.6 is 0 Å². The molecule has 1 atom stereocenters. The summed E-state index contributed by atoms with van der Waals surface area (Å²) < 4.78 is 10.3. The molecule has 1 aromatic rings. The largest absolute Gasteiger partial charge is 0.482 e. The van der Waals surface area contributed by atoms with Crippen LogP contribution in [0.1, 0.15) is 32.3 Å². The highest BCUT2D eigenvalue weighted by atomic mass is 16.6. The summed E-state index contributed by atoms with van der Waals surface area (Å²) in [4.78, 5) is 33.6. The van der Waals surface area contributed by atoms with Gasteiger partial charge in [0.25, 0.3) is 5.91 Å². The number of carbonyl (C=O) groups is 3. The third kappa shape index (κ3) is 5.43. The first-order valence-electron chi connectivity index (χ1n) is 6.82. The van der Waals surface area contributed by atoms with Crippen molar-refractivity contribution in [2.24, 2.45) is 5.73 Å². The summed E-state index contributed by atoms with van der Waals surface area (Å²) in [5.74, 6) is -0.676. The molecule has 22 heavy (non-hydrogen) atoms. The SMILES string of the molecule is CC(C)c1ccccc1OCC(=O)O[C@H](C)C(=O)NC(N)=O. The Kier molecular flexibility index (Phi) is 6.37. The second-order valence-corrected chi connectivity index (χ2v) is 4.97. The van der Waals surface area contributed by atoms with Crippen molar-refractivity contribution in [2.75, 3.05) is 6.61 Å². The van der Waals surface area contributed by atoms with Gasteiger partial charge in [-0.05, 0) is 24.5 Å². The first-order chi connectivity index (χ1) is 10.3. The van der Waals surface area contributed by atoms with Crippen LogP contribution in [0.25, 0.3) is 0 Å². The van der Waals surface area contributed by atoms with Gasteiger partial charge in [0, 0.05) is 0 Å². The summed E-state index contributed by atoms with van der Waals surface area (Å²) >= 11 is 0. The summed E-state index contributed by atoms with van der Waals surface area (Å²) in [6.07, 6.45) is -1.14. The molecule has 0 aliphatic rings. The highest BCUT2D eigenvalue weighted by Gasteiger charge is 2.19. The Labute approximate surface area is 128 Å². The molecule has 7 heteroatoms. The number of ether oxygens (including phenoxy) is 2. The van der Waals surface area contributed by atoms with E-state index in [1.807, 2.05) is 31.3 Å². The Hall–Kier alpha value is -2.57. The highest BCUT2D eigenvalue weighted by Crippen LogP contribution is 2.25. The predicted octanol–water partition coefficient (Wildman–Crippen LogP) is 1.32. The molecule has 0 aromatic heterocycles. The van der Waals surface area contributed by atoms with Crippen LogP contribution in [-0.4, -0.2) is 30.6 Å². The van der Waals surface area contributed by atoms with Crippen molar-refractivity contribution >= 4 is 17.9 Å². The number of primary amides is 1. The molecule has 3 amide bonds. The minimum atomic E-state index is -1.14. The minimum Gasteiger partial charge on any atom is -0.482 e. The average Bonchev–Trinajstić information content (AvgIpc) is 2.44. The van der Waals surface area contributed by atoms with Crippen LogP contribution < -0.4 is 15.8 Å². The minimum absolute atomic E-state index is 0.243. The molecule has 0 spiro atoms. The molecule has 1 aromatic carbocycles. The van der Waals surface area contributed by atoms with Gasteiger partial charge >= 0.3 is 12.0 Å². The van der Waals surface area contributed by atoms with Gasteiger partial charge in [0.2, 0.25) is 0 Å². The van der Waals surface area contributed by atoms with E-state index < -0.39 is 24.0 Å². The van der Waals surface area contributed by atoms with E-state index in [1.54, 1.807) is 12.1 Å². The van der Waals surface area contributed by atoms with E-state index >= 15 is 0 Å². The normalized spacial score (nSPS) is 11.6. The van der Waals surface area contributed by atoms with Crippen molar-refractivity contribution in [3.05, 3.63) is 29.8 Å². The first-order valence-corrected chi connectivity index (χ1v) is 6.82. The van der Waals surface area contributed by atoms with Gasteiger partial charge in [-0.25, -0.2) is 9.59 Å². The molecule has 0 aliphatic heterocycles. The van der Waals surface area contributed by atoms with Crippen LogP contribution in [0.5, 0.6) is 5.75 Å². The zero-order chi connectivity index (χ0) is 16.7. The van der Waals surface area contributed by atoms with Gasteiger partial charge in [-0.3, -0.25) is 10.1 Å². The Morgan fingerprint density at radius 1 is 1.18 bits per heavy atom. The van der Waals surface area contributed by atoms with Crippen LogP contribution in [0.15, 0.2) is 24.3 Å². The van der Waals surface area contributed by atoms with E-state index in [9.17, 15) is 14.4 Å². The lowest BCUT2D eigenvalue weighted by Gasteiger charge is -2.15. The maximum atomic E-state index is 11.7. The topological polar surface area (TPSA) is 108 Å². The average molecular weight is 308 g/mol. The van der Waals surface area contributed by atoms with Crippen molar-refractivity contribution in [1.29, 1.82) is 0 Å². The number of hydrogen-bond acceptors (Lipinski definition) is 5. The van der Waals surface area contributed by atoms with E-state index in [4.69, 9.17) is 15.2 Å². The molecular weight excluding hydrogens is 288 g/mol. The summed E-state index contributed by atoms with van der Waals surface area (Å²) in [6, 6.07) is 6.35. The number of nitrogens with two attached hydrogens (primary N) is 1. The zero-order valence-electron chi connectivity index (χ0n) is 12.8. The fourth-order valence-electron chi connectivity index (χ4n) is 1.73. The summed E-state index contributed by atoms with van der Waals surface area (Å²) in [5, 5.41) is 1.83. The molecule has 0 saturated carbocycles. The van der Waals surface area contributed by atoms with Gasteiger partial charge in [-0.15, -0.1) is 0 Å².